The van der Waals surface area contributed by atoms with Gasteiger partial charge in [-0.15, -0.1) is 0 Å². The van der Waals surface area contributed by atoms with Crippen LogP contribution < -0.4 is 10.2 Å². The van der Waals surface area contributed by atoms with E-state index in [1.807, 2.05) is 24.1 Å². The number of pyridine rings is 1. The summed E-state index contributed by atoms with van der Waals surface area (Å²) in [7, 11) is 1.97. The summed E-state index contributed by atoms with van der Waals surface area (Å²) >= 11 is 0. The van der Waals surface area contributed by atoms with Gasteiger partial charge in [0.25, 0.3) is 0 Å². The highest BCUT2D eigenvalue weighted by atomic mass is 15.3. The van der Waals surface area contributed by atoms with Crippen molar-refractivity contribution in [3.8, 4) is 0 Å². The van der Waals surface area contributed by atoms with E-state index in [2.05, 4.69) is 39.5 Å². The van der Waals surface area contributed by atoms with E-state index < -0.39 is 0 Å². The molecule has 0 atom stereocenters. The summed E-state index contributed by atoms with van der Waals surface area (Å²) in [4.78, 5) is 6.71. The summed E-state index contributed by atoms with van der Waals surface area (Å²) in [6, 6.07) is 2.11. The van der Waals surface area contributed by atoms with Crippen molar-refractivity contribution in [1.29, 1.82) is 0 Å². The molecule has 1 N–H and O–H groups in total. The van der Waals surface area contributed by atoms with Gasteiger partial charge < -0.3 is 10.2 Å². The first-order chi connectivity index (χ1) is 10.3. The highest BCUT2D eigenvalue weighted by molar-refractivity contribution is 5.69. The van der Waals surface area contributed by atoms with Crippen LogP contribution in [0.3, 0.4) is 0 Å². The summed E-state index contributed by atoms with van der Waals surface area (Å²) in [5.74, 6) is 0. The second kappa shape index (κ2) is 6.16. The maximum absolute atomic E-state index is 4.49. The smallest absolute Gasteiger partial charge is 0.0767 e. The Hall–Kier alpha value is -2.04. The minimum Gasteiger partial charge on any atom is -0.378 e. The molecule has 0 aliphatic carbocycles. The van der Waals surface area contributed by atoms with Crippen LogP contribution in [-0.2, 0) is 20.0 Å². The standard InChI is InChI=1S/C16H23N5/c1-3-14-13(12-20(2)19-14)10-18-15-11-17-7-6-16(15)21-8-4-5-9-21/h6-7,11-12,18H,3-5,8-10H2,1-2H3. The number of aromatic nitrogens is 3. The molecule has 5 heteroatoms. The minimum atomic E-state index is 0.795. The van der Waals surface area contributed by atoms with Crippen LogP contribution in [0, 0.1) is 0 Å². The van der Waals surface area contributed by atoms with Gasteiger partial charge in [-0.25, -0.2) is 0 Å². The number of anilines is 2. The molecular weight excluding hydrogens is 262 g/mol. The first-order valence-electron chi connectivity index (χ1n) is 7.72. The Morgan fingerprint density at radius 1 is 1.29 bits per heavy atom. The van der Waals surface area contributed by atoms with E-state index in [1.165, 1.54) is 24.1 Å². The van der Waals surface area contributed by atoms with E-state index in [-0.39, 0.29) is 0 Å². The van der Waals surface area contributed by atoms with E-state index in [9.17, 15) is 0 Å². The molecule has 112 valence electrons. The van der Waals surface area contributed by atoms with E-state index in [4.69, 9.17) is 0 Å². The van der Waals surface area contributed by atoms with Gasteiger partial charge in [-0.2, -0.15) is 5.10 Å². The summed E-state index contributed by atoms with van der Waals surface area (Å²) in [6.45, 7) is 5.23. The van der Waals surface area contributed by atoms with Gasteiger partial charge in [-0.1, -0.05) is 6.92 Å². The Balaban J connectivity index is 1.75. The molecule has 1 aliphatic rings. The van der Waals surface area contributed by atoms with Gasteiger partial charge in [0.1, 0.15) is 0 Å². The molecule has 0 spiro atoms. The van der Waals surface area contributed by atoms with E-state index in [0.717, 1.165) is 37.4 Å². The number of aryl methyl sites for hydroxylation is 2. The quantitative estimate of drug-likeness (QED) is 0.917. The summed E-state index contributed by atoms with van der Waals surface area (Å²) in [5, 5.41) is 8.03. The van der Waals surface area contributed by atoms with Crippen LogP contribution in [0.1, 0.15) is 31.0 Å². The lowest BCUT2D eigenvalue weighted by atomic mass is 10.2. The van der Waals surface area contributed by atoms with Crippen molar-refractivity contribution in [1.82, 2.24) is 14.8 Å². The third-order valence-corrected chi connectivity index (χ3v) is 4.04. The Morgan fingerprint density at radius 3 is 2.86 bits per heavy atom. The zero-order valence-corrected chi connectivity index (χ0v) is 12.8. The van der Waals surface area contributed by atoms with Crippen molar-refractivity contribution in [2.75, 3.05) is 23.3 Å². The van der Waals surface area contributed by atoms with Gasteiger partial charge in [0, 0.05) is 44.6 Å². The first-order valence-corrected chi connectivity index (χ1v) is 7.72. The van der Waals surface area contributed by atoms with Crippen molar-refractivity contribution < 1.29 is 0 Å². The molecule has 21 heavy (non-hydrogen) atoms. The van der Waals surface area contributed by atoms with Crippen molar-refractivity contribution in [2.45, 2.75) is 32.7 Å². The number of nitrogens with one attached hydrogen (secondary N) is 1. The normalized spacial score (nSPS) is 14.7. The molecule has 0 aromatic carbocycles. The third-order valence-electron chi connectivity index (χ3n) is 4.04. The van der Waals surface area contributed by atoms with E-state index in [1.54, 1.807) is 0 Å². The van der Waals surface area contributed by atoms with Crippen LogP contribution in [0.4, 0.5) is 11.4 Å². The Labute approximate surface area is 126 Å². The van der Waals surface area contributed by atoms with Crippen molar-refractivity contribution >= 4 is 11.4 Å². The predicted octanol–water partition coefficient (Wildman–Crippen LogP) is 2.59. The highest BCUT2D eigenvalue weighted by Crippen LogP contribution is 2.28. The van der Waals surface area contributed by atoms with Gasteiger partial charge in [0.2, 0.25) is 0 Å². The summed E-state index contributed by atoms with van der Waals surface area (Å²) < 4.78 is 1.89. The van der Waals surface area contributed by atoms with Gasteiger partial charge >= 0.3 is 0 Å². The predicted molar refractivity (Wildman–Crippen MR) is 85.6 cm³/mol. The molecule has 1 fully saturated rings. The average molecular weight is 285 g/mol. The average Bonchev–Trinajstić information content (AvgIpc) is 3.14. The SMILES string of the molecule is CCc1nn(C)cc1CNc1cnccc1N1CCCC1. The lowest BCUT2D eigenvalue weighted by Gasteiger charge is -2.21. The fourth-order valence-electron chi connectivity index (χ4n) is 2.98. The van der Waals surface area contributed by atoms with Gasteiger partial charge in [-0.05, 0) is 25.3 Å². The largest absolute Gasteiger partial charge is 0.378 e. The summed E-state index contributed by atoms with van der Waals surface area (Å²) in [6.07, 6.45) is 9.42. The second-order valence-electron chi connectivity index (χ2n) is 5.57. The van der Waals surface area contributed by atoms with Crippen molar-refractivity contribution in [3.05, 3.63) is 35.9 Å². The minimum absolute atomic E-state index is 0.795. The maximum atomic E-state index is 4.49. The van der Waals surface area contributed by atoms with Gasteiger partial charge in [0.05, 0.1) is 23.3 Å². The third kappa shape index (κ3) is 3.01. The fraction of sp³-hybridized carbons (Fsp3) is 0.500. The molecular formula is C16H23N5. The molecule has 2 aromatic heterocycles. The fourth-order valence-corrected chi connectivity index (χ4v) is 2.98. The maximum Gasteiger partial charge on any atom is 0.0767 e. The molecule has 0 saturated carbocycles. The molecule has 2 aromatic rings. The van der Waals surface area contributed by atoms with Crippen molar-refractivity contribution in [2.24, 2.45) is 7.05 Å². The van der Waals surface area contributed by atoms with Crippen LogP contribution in [0.2, 0.25) is 0 Å². The lowest BCUT2D eigenvalue weighted by Crippen LogP contribution is -2.19. The Bertz CT molecular complexity index is 598. The molecule has 5 nitrogen and oxygen atoms in total. The van der Waals surface area contributed by atoms with Gasteiger partial charge in [-0.3, -0.25) is 9.67 Å². The zero-order valence-electron chi connectivity index (χ0n) is 12.8. The molecule has 1 saturated heterocycles. The molecule has 0 bridgehead atoms. The number of nitrogens with zero attached hydrogens (tertiary/aromatic N) is 4. The van der Waals surface area contributed by atoms with Crippen molar-refractivity contribution in [3.63, 3.8) is 0 Å². The van der Waals surface area contributed by atoms with E-state index >= 15 is 0 Å². The molecule has 3 heterocycles. The Kier molecular flexibility index (Phi) is 4.08. The second-order valence-corrected chi connectivity index (χ2v) is 5.57. The molecule has 0 unspecified atom stereocenters. The molecule has 0 amide bonds. The Morgan fingerprint density at radius 2 is 2.10 bits per heavy atom. The lowest BCUT2D eigenvalue weighted by molar-refractivity contribution is 0.746. The number of hydrogen-bond donors (Lipinski definition) is 1. The number of rotatable bonds is 5. The van der Waals surface area contributed by atoms with Crippen LogP contribution in [0.15, 0.2) is 24.7 Å². The zero-order chi connectivity index (χ0) is 14.7. The molecule has 0 radical (unpaired) electrons. The van der Waals surface area contributed by atoms with Crippen LogP contribution in [0.5, 0.6) is 0 Å². The topological polar surface area (TPSA) is 46.0 Å². The first kappa shape index (κ1) is 13.9. The number of hydrogen-bond acceptors (Lipinski definition) is 4. The highest BCUT2D eigenvalue weighted by Gasteiger charge is 2.16. The monoisotopic (exact) mass is 285 g/mol. The molecule has 1 aliphatic heterocycles. The molecule has 3 rings (SSSR count). The summed E-state index contributed by atoms with van der Waals surface area (Å²) in [5.41, 5.74) is 4.81. The van der Waals surface area contributed by atoms with Crippen LogP contribution in [0.25, 0.3) is 0 Å². The van der Waals surface area contributed by atoms with E-state index in [0.29, 0.717) is 0 Å². The van der Waals surface area contributed by atoms with Crippen LogP contribution in [-0.4, -0.2) is 27.9 Å². The van der Waals surface area contributed by atoms with Crippen LogP contribution >= 0.6 is 0 Å². The van der Waals surface area contributed by atoms with Gasteiger partial charge in [0.15, 0.2) is 0 Å².